The maximum atomic E-state index is 13.3. The first-order valence-corrected chi connectivity index (χ1v) is 11.2. The molecule has 0 saturated carbocycles. The van der Waals surface area contributed by atoms with Gasteiger partial charge in [-0.1, -0.05) is 36.4 Å². The quantitative estimate of drug-likeness (QED) is 0.403. The van der Waals surface area contributed by atoms with Gasteiger partial charge in [0, 0.05) is 34.2 Å². The van der Waals surface area contributed by atoms with Gasteiger partial charge in [0.1, 0.15) is 6.23 Å². The van der Waals surface area contributed by atoms with E-state index in [-0.39, 0.29) is 12.1 Å². The summed E-state index contributed by atoms with van der Waals surface area (Å²) in [4.78, 5) is 25.9. The number of aldehydes is 1. The normalized spacial score (nSPS) is 21.8. The predicted molar refractivity (Wildman–Crippen MR) is 126 cm³/mol. The van der Waals surface area contributed by atoms with Crippen LogP contribution in [0.3, 0.4) is 0 Å². The van der Waals surface area contributed by atoms with Crippen LogP contribution in [0.1, 0.15) is 46.0 Å². The number of nitrogens with zero attached hydrogens (tertiary/aromatic N) is 2. The first-order chi connectivity index (χ1) is 16.2. The molecule has 0 aliphatic carbocycles. The third-order valence-electron chi connectivity index (χ3n) is 7.28. The van der Waals surface area contributed by atoms with Gasteiger partial charge in [-0.05, 0) is 25.0 Å². The fourth-order valence-corrected chi connectivity index (χ4v) is 6.02. The summed E-state index contributed by atoms with van der Waals surface area (Å²) in [5, 5.41) is 17.0. The van der Waals surface area contributed by atoms with E-state index in [4.69, 9.17) is 4.74 Å². The molecule has 4 heterocycles. The molecule has 2 bridgehead atoms. The Morgan fingerprint density at radius 1 is 1.00 bits per heavy atom. The summed E-state index contributed by atoms with van der Waals surface area (Å²) in [6.07, 6.45) is 0.493. The topological polar surface area (TPSA) is 85.5 Å². The summed E-state index contributed by atoms with van der Waals surface area (Å²) in [5.41, 5.74) is 4.25. The van der Waals surface area contributed by atoms with Crippen LogP contribution in [0.5, 0.6) is 0 Å². The van der Waals surface area contributed by atoms with Gasteiger partial charge in [-0.15, -0.1) is 0 Å². The van der Waals surface area contributed by atoms with Gasteiger partial charge in [0.05, 0.1) is 33.7 Å². The van der Waals surface area contributed by atoms with Gasteiger partial charge >= 0.3 is 0 Å². The lowest BCUT2D eigenvalue weighted by Gasteiger charge is -2.34. The maximum Gasteiger partial charge on any atom is 0.252 e. The zero-order valence-corrected chi connectivity index (χ0v) is 17.9. The van der Waals surface area contributed by atoms with Crippen molar-refractivity contribution in [1.82, 2.24) is 14.5 Å². The van der Waals surface area contributed by atoms with Crippen molar-refractivity contribution in [2.45, 2.75) is 31.4 Å². The van der Waals surface area contributed by atoms with Crippen molar-refractivity contribution < 1.29 is 19.4 Å². The summed E-state index contributed by atoms with van der Waals surface area (Å²) < 4.78 is 10.7. The summed E-state index contributed by atoms with van der Waals surface area (Å²) in [5.74, 6) is -0.313. The van der Waals surface area contributed by atoms with E-state index >= 15 is 0 Å². The van der Waals surface area contributed by atoms with Crippen molar-refractivity contribution in [2.24, 2.45) is 0 Å². The van der Waals surface area contributed by atoms with Crippen molar-refractivity contribution in [3.63, 3.8) is 0 Å². The van der Waals surface area contributed by atoms with Crippen LogP contribution in [0.25, 0.3) is 43.6 Å². The van der Waals surface area contributed by atoms with Crippen LogP contribution in [0.15, 0.2) is 48.5 Å². The molecule has 7 rings (SSSR count). The van der Waals surface area contributed by atoms with Crippen molar-refractivity contribution in [2.75, 3.05) is 7.05 Å². The van der Waals surface area contributed by atoms with Crippen LogP contribution >= 0.6 is 0 Å². The summed E-state index contributed by atoms with van der Waals surface area (Å²) >= 11 is 0. The zero-order chi connectivity index (χ0) is 22.4. The van der Waals surface area contributed by atoms with Crippen molar-refractivity contribution in [1.29, 1.82) is 0 Å². The van der Waals surface area contributed by atoms with Gasteiger partial charge in [-0.2, -0.15) is 0 Å². The molecule has 5 aromatic rings. The van der Waals surface area contributed by atoms with E-state index in [1.54, 1.807) is 7.05 Å². The third kappa shape index (κ3) is 2.16. The second-order valence-electron chi connectivity index (χ2n) is 8.83. The highest BCUT2D eigenvalue weighted by Gasteiger charge is 2.40. The molecule has 164 valence electrons. The van der Waals surface area contributed by atoms with E-state index in [0.717, 1.165) is 44.5 Å². The maximum absolute atomic E-state index is 13.3. The van der Waals surface area contributed by atoms with E-state index in [1.807, 2.05) is 53.1 Å². The van der Waals surface area contributed by atoms with Gasteiger partial charge in [0.2, 0.25) is 0 Å². The molecule has 2 aliphatic rings. The van der Waals surface area contributed by atoms with Gasteiger partial charge in [0.25, 0.3) is 5.91 Å². The SMILES string of the molecule is CNC(=O)c1c(C=O)c2c3ccccc3n3c2c2c1c1ccccc1n2C1OC3CCC1O. The molecule has 2 N–H and O–H groups in total. The Labute approximate surface area is 188 Å². The van der Waals surface area contributed by atoms with Gasteiger partial charge in [-0.3, -0.25) is 9.59 Å². The number of hydrogen-bond donors (Lipinski definition) is 2. The molecule has 0 radical (unpaired) electrons. The highest BCUT2D eigenvalue weighted by molar-refractivity contribution is 6.33. The van der Waals surface area contributed by atoms with Crippen LogP contribution in [0.2, 0.25) is 0 Å². The Morgan fingerprint density at radius 3 is 2.33 bits per heavy atom. The first kappa shape index (κ1) is 18.8. The second kappa shape index (κ2) is 6.43. The van der Waals surface area contributed by atoms with Crippen molar-refractivity contribution >= 4 is 55.8 Å². The van der Waals surface area contributed by atoms with Crippen molar-refractivity contribution in [3.8, 4) is 0 Å². The monoisotopic (exact) mass is 439 g/mol. The number of benzene rings is 3. The summed E-state index contributed by atoms with van der Waals surface area (Å²) in [6.45, 7) is 0. The molecule has 0 spiro atoms. The molecular formula is C26H21N3O4. The number of ether oxygens (including phenoxy) is 1. The van der Waals surface area contributed by atoms with E-state index in [9.17, 15) is 14.7 Å². The number of para-hydroxylation sites is 2. The molecule has 1 amide bonds. The van der Waals surface area contributed by atoms with Crippen LogP contribution < -0.4 is 5.32 Å². The number of aliphatic hydroxyl groups excluding tert-OH is 1. The Kier molecular flexibility index (Phi) is 3.67. The molecule has 2 aliphatic heterocycles. The Bertz CT molecular complexity index is 1660. The van der Waals surface area contributed by atoms with Crippen molar-refractivity contribution in [3.05, 3.63) is 59.7 Å². The van der Waals surface area contributed by atoms with Crippen LogP contribution in [0, 0.1) is 0 Å². The smallest absolute Gasteiger partial charge is 0.252 e. The number of carbonyl (C=O) groups is 2. The number of amides is 1. The first-order valence-electron chi connectivity index (χ1n) is 11.2. The lowest BCUT2D eigenvalue weighted by Crippen LogP contribution is -2.33. The molecule has 1 fully saturated rings. The van der Waals surface area contributed by atoms with Gasteiger partial charge in [-0.25, -0.2) is 0 Å². The van der Waals surface area contributed by atoms with E-state index < -0.39 is 12.3 Å². The fourth-order valence-electron chi connectivity index (χ4n) is 6.02. The molecular weight excluding hydrogens is 418 g/mol. The number of hydrogen-bond acceptors (Lipinski definition) is 4. The minimum atomic E-state index is -0.680. The highest BCUT2D eigenvalue weighted by Crippen LogP contribution is 2.50. The Morgan fingerprint density at radius 2 is 1.64 bits per heavy atom. The molecule has 3 unspecified atom stereocenters. The Hall–Kier alpha value is -3.68. The predicted octanol–water partition coefficient (Wildman–Crippen LogP) is 4.26. The third-order valence-corrected chi connectivity index (χ3v) is 7.28. The average molecular weight is 439 g/mol. The van der Waals surface area contributed by atoms with Crippen LogP contribution in [-0.2, 0) is 4.74 Å². The lowest BCUT2D eigenvalue weighted by molar-refractivity contribution is -0.172. The second-order valence-corrected chi connectivity index (χ2v) is 8.83. The number of fused-ring (bicyclic) bond motifs is 10. The van der Waals surface area contributed by atoms with Crippen LogP contribution in [-0.4, -0.2) is 39.6 Å². The number of aliphatic hydroxyl groups is 1. The average Bonchev–Trinajstić information content (AvgIpc) is 3.33. The molecule has 3 aromatic carbocycles. The largest absolute Gasteiger partial charge is 0.388 e. The molecule has 7 nitrogen and oxygen atoms in total. The van der Waals surface area contributed by atoms with Gasteiger partial charge < -0.3 is 24.3 Å². The fraction of sp³-hybridized carbons (Fsp3) is 0.231. The zero-order valence-electron chi connectivity index (χ0n) is 17.9. The molecule has 3 atom stereocenters. The summed E-state index contributed by atoms with van der Waals surface area (Å²) in [6, 6.07) is 15.7. The van der Waals surface area contributed by atoms with Gasteiger partial charge in [0.15, 0.2) is 12.5 Å². The standard InChI is InChI=1S/C26H21N3O4/c1-27-25(32)22-15(12-30)20-13-6-2-4-8-16(13)28-19-11-10-18(31)26(33-19)29-17-9-5-3-7-14(17)21(22)24(29)23(20)28/h2-9,12,18-19,26,31H,10-11H2,1H3,(H,27,32). The number of nitrogens with one attached hydrogen (secondary N) is 1. The lowest BCUT2D eigenvalue weighted by atomic mass is 9.95. The molecule has 7 heteroatoms. The van der Waals surface area contributed by atoms with E-state index in [2.05, 4.69) is 9.88 Å². The highest BCUT2D eigenvalue weighted by atomic mass is 16.5. The molecule has 2 aromatic heterocycles. The molecule has 1 saturated heterocycles. The van der Waals surface area contributed by atoms with Crippen LogP contribution in [0.4, 0.5) is 0 Å². The molecule has 33 heavy (non-hydrogen) atoms. The van der Waals surface area contributed by atoms with E-state index in [0.29, 0.717) is 29.4 Å². The van der Waals surface area contributed by atoms with E-state index in [1.165, 1.54) is 0 Å². The number of carbonyl (C=O) groups excluding carboxylic acids is 2. The number of aromatic nitrogens is 2. The number of rotatable bonds is 2. The minimum absolute atomic E-state index is 0.284. The minimum Gasteiger partial charge on any atom is -0.388 e. The summed E-state index contributed by atoms with van der Waals surface area (Å²) in [7, 11) is 1.58. The Balaban J connectivity index is 1.89.